The highest BCUT2D eigenvalue weighted by Crippen LogP contribution is 2.20. The van der Waals surface area contributed by atoms with Gasteiger partial charge in [0.05, 0.1) is 0 Å². The molecule has 7 nitrogen and oxygen atoms in total. The number of carbonyl (C=O) groups is 1. The fourth-order valence-corrected chi connectivity index (χ4v) is 2.01. The van der Waals surface area contributed by atoms with Gasteiger partial charge < -0.3 is 21.7 Å². The normalized spacial score (nSPS) is 19.4. The molecule has 1 fully saturated rings. The summed E-state index contributed by atoms with van der Waals surface area (Å²) >= 11 is 0. The van der Waals surface area contributed by atoms with Gasteiger partial charge in [-0.25, -0.2) is 0 Å². The summed E-state index contributed by atoms with van der Waals surface area (Å²) in [6.45, 7) is 3.06. The van der Waals surface area contributed by atoms with Crippen molar-refractivity contribution in [3.63, 3.8) is 0 Å². The van der Waals surface area contributed by atoms with Crippen LogP contribution in [0.5, 0.6) is 0 Å². The molecule has 1 atom stereocenters. The molecule has 1 aliphatic rings. The predicted octanol–water partition coefficient (Wildman–Crippen LogP) is -0.644. The van der Waals surface area contributed by atoms with Crippen LogP contribution in [0.1, 0.15) is 13.3 Å². The SMILES string of the molecule is CC(=O)NC1CCN(c2cc(N)nc(N)n2)C1. The molecular weight excluding hydrogens is 220 g/mol. The maximum atomic E-state index is 11.0. The van der Waals surface area contributed by atoms with Crippen molar-refractivity contribution in [3.8, 4) is 0 Å². The van der Waals surface area contributed by atoms with Crippen molar-refractivity contribution in [2.24, 2.45) is 0 Å². The number of nitrogens with two attached hydrogens (primary N) is 2. The number of nitrogens with zero attached hydrogens (tertiary/aromatic N) is 3. The van der Waals surface area contributed by atoms with Gasteiger partial charge in [-0.3, -0.25) is 4.79 Å². The summed E-state index contributed by atoms with van der Waals surface area (Å²) in [5, 5.41) is 2.88. The zero-order valence-electron chi connectivity index (χ0n) is 9.68. The Kier molecular flexibility index (Phi) is 2.99. The Bertz CT molecular complexity index is 415. The molecule has 1 aromatic rings. The number of nitrogen functional groups attached to an aromatic ring is 2. The molecule has 0 spiro atoms. The standard InChI is InChI=1S/C10H16N6O/c1-6(17)13-7-2-3-16(5-7)9-4-8(11)14-10(12)15-9/h4,7H,2-3,5H2,1H3,(H,13,17)(H4,11,12,14,15). The minimum absolute atomic E-state index is 0.0152. The van der Waals surface area contributed by atoms with Gasteiger partial charge in [0.2, 0.25) is 11.9 Å². The third-order valence-electron chi connectivity index (χ3n) is 2.67. The van der Waals surface area contributed by atoms with Gasteiger partial charge in [0, 0.05) is 32.1 Å². The summed E-state index contributed by atoms with van der Waals surface area (Å²) in [5.74, 6) is 1.22. The number of hydrogen-bond acceptors (Lipinski definition) is 6. The summed E-state index contributed by atoms with van der Waals surface area (Å²) in [6.07, 6.45) is 0.892. The molecule has 2 heterocycles. The maximum Gasteiger partial charge on any atom is 0.223 e. The van der Waals surface area contributed by atoms with Crippen LogP contribution in [-0.2, 0) is 4.79 Å². The summed E-state index contributed by atoms with van der Waals surface area (Å²) in [4.78, 5) is 20.9. The molecule has 0 radical (unpaired) electrons. The van der Waals surface area contributed by atoms with Crippen molar-refractivity contribution in [1.82, 2.24) is 15.3 Å². The maximum absolute atomic E-state index is 11.0. The van der Waals surface area contributed by atoms with E-state index in [2.05, 4.69) is 15.3 Å². The van der Waals surface area contributed by atoms with Crippen LogP contribution >= 0.6 is 0 Å². The summed E-state index contributed by atoms with van der Waals surface area (Å²) in [5.41, 5.74) is 11.2. The topological polar surface area (TPSA) is 110 Å². The predicted molar refractivity (Wildman–Crippen MR) is 65.3 cm³/mol. The first-order valence-electron chi connectivity index (χ1n) is 5.46. The summed E-state index contributed by atoms with van der Waals surface area (Å²) in [7, 11) is 0. The van der Waals surface area contributed by atoms with Gasteiger partial charge in [0.25, 0.3) is 0 Å². The van der Waals surface area contributed by atoms with E-state index in [-0.39, 0.29) is 17.9 Å². The third-order valence-corrected chi connectivity index (χ3v) is 2.67. The highest BCUT2D eigenvalue weighted by Gasteiger charge is 2.24. The average Bonchev–Trinajstić information content (AvgIpc) is 2.63. The molecule has 1 saturated heterocycles. The largest absolute Gasteiger partial charge is 0.383 e. The highest BCUT2D eigenvalue weighted by atomic mass is 16.1. The van der Waals surface area contributed by atoms with Crippen LogP contribution in [-0.4, -0.2) is 35.0 Å². The number of anilines is 3. The Morgan fingerprint density at radius 3 is 2.94 bits per heavy atom. The van der Waals surface area contributed by atoms with Gasteiger partial charge in [-0.05, 0) is 6.42 Å². The van der Waals surface area contributed by atoms with Crippen molar-refractivity contribution in [2.75, 3.05) is 29.5 Å². The molecule has 0 saturated carbocycles. The average molecular weight is 236 g/mol. The Hall–Kier alpha value is -2.05. The lowest BCUT2D eigenvalue weighted by Gasteiger charge is -2.18. The van der Waals surface area contributed by atoms with E-state index < -0.39 is 0 Å². The van der Waals surface area contributed by atoms with Crippen LogP contribution in [0.3, 0.4) is 0 Å². The second kappa shape index (κ2) is 4.44. The molecule has 0 aliphatic carbocycles. The zero-order chi connectivity index (χ0) is 12.4. The minimum atomic E-state index is -0.0152. The smallest absolute Gasteiger partial charge is 0.223 e. The Morgan fingerprint density at radius 2 is 2.29 bits per heavy atom. The van der Waals surface area contributed by atoms with Gasteiger partial charge >= 0.3 is 0 Å². The monoisotopic (exact) mass is 236 g/mol. The van der Waals surface area contributed by atoms with E-state index in [4.69, 9.17) is 11.5 Å². The molecule has 1 aromatic heterocycles. The van der Waals surface area contributed by atoms with E-state index in [9.17, 15) is 4.79 Å². The molecule has 5 N–H and O–H groups in total. The van der Waals surface area contributed by atoms with Crippen molar-refractivity contribution in [2.45, 2.75) is 19.4 Å². The van der Waals surface area contributed by atoms with Crippen LogP contribution in [0.15, 0.2) is 6.07 Å². The van der Waals surface area contributed by atoms with Crippen molar-refractivity contribution in [1.29, 1.82) is 0 Å². The van der Waals surface area contributed by atoms with Crippen molar-refractivity contribution < 1.29 is 4.79 Å². The Balaban J connectivity index is 2.07. The van der Waals surface area contributed by atoms with Gasteiger partial charge in [0.15, 0.2) is 0 Å². The molecule has 1 aliphatic heterocycles. The first kappa shape index (κ1) is 11.4. The van der Waals surface area contributed by atoms with Crippen LogP contribution < -0.4 is 21.7 Å². The van der Waals surface area contributed by atoms with Crippen molar-refractivity contribution in [3.05, 3.63) is 6.07 Å². The van der Waals surface area contributed by atoms with Crippen LogP contribution in [0.4, 0.5) is 17.6 Å². The lowest BCUT2D eigenvalue weighted by molar-refractivity contribution is -0.119. The molecule has 0 bridgehead atoms. The third kappa shape index (κ3) is 2.74. The van der Waals surface area contributed by atoms with Gasteiger partial charge in [0.1, 0.15) is 11.6 Å². The Labute approximate surface area is 99.2 Å². The molecule has 92 valence electrons. The van der Waals surface area contributed by atoms with E-state index in [0.29, 0.717) is 11.6 Å². The summed E-state index contributed by atoms with van der Waals surface area (Å²) < 4.78 is 0. The van der Waals surface area contributed by atoms with Gasteiger partial charge in [-0.1, -0.05) is 0 Å². The van der Waals surface area contributed by atoms with Gasteiger partial charge in [-0.15, -0.1) is 0 Å². The molecule has 0 aromatic carbocycles. The number of nitrogens with one attached hydrogen (secondary N) is 1. The number of amides is 1. The number of hydrogen-bond donors (Lipinski definition) is 3. The van der Waals surface area contributed by atoms with E-state index in [1.54, 1.807) is 6.07 Å². The van der Waals surface area contributed by atoms with Crippen molar-refractivity contribution >= 4 is 23.5 Å². The number of carbonyl (C=O) groups excluding carboxylic acids is 1. The zero-order valence-corrected chi connectivity index (χ0v) is 9.68. The fraction of sp³-hybridized carbons (Fsp3) is 0.500. The number of rotatable bonds is 2. The Morgan fingerprint density at radius 1 is 1.53 bits per heavy atom. The summed E-state index contributed by atoms with van der Waals surface area (Å²) in [6, 6.07) is 1.84. The first-order valence-corrected chi connectivity index (χ1v) is 5.46. The molecule has 1 unspecified atom stereocenters. The lowest BCUT2D eigenvalue weighted by Crippen LogP contribution is -2.35. The van der Waals surface area contributed by atoms with Crippen LogP contribution in [0, 0.1) is 0 Å². The van der Waals surface area contributed by atoms with Crippen LogP contribution in [0.25, 0.3) is 0 Å². The molecular formula is C10H16N6O. The molecule has 2 rings (SSSR count). The van der Waals surface area contributed by atoms with Gasteiger partial charge in [-0.2, -0.15) is 9.97 Å². The minimum Gasteiger partial charge on any atom is -0.383 e. The van der Waals surface area contributed by atoms with E-state index in [0.717, 1.165) is 19.5 Å². The molecule has 17 heavy (non-hydrogen) atoms. The van der Waals surface area contributed by atoms with E-state index >= 15 is 0 Å². The number of aromatic nitrogens is 2. The second-order valence-corrected chi connectivity index (χ2v) is 4.14. The van der Waals surface area contributed by atoms with E-state index in [1.807, 2.05) is 4.90 Å². The fourth-order valence-electron chi connectivity index (χ4n) is 2.01. The second-order valence-electron chi connectivity index (χ2n) is 4.14. The first-order chi connectivity index (χ1) is 8.04. The lowest BCUT2D eigenvalue weighted by atomic mass is 10.3. The molecule has 7 heteroatoms. The molecule has 1 amide bonds. The highest BCUT2D eigenvalue weighted by molar-refractivity contribution is 5.73. The quantitative estimate of drug-likeness (QED) is 0.629. The van der Waals surface area contributed by atoms with E-state index in [1.165, 1.54) is 6.92 Å². The van der Waals surface area contributed by atoms with Crippen LogP contribution in [0.2, 0.25) is 0 Å².